The lowest BCUT2D eigenvalue weighted by Crippen LogP contribution is -2.46. The van der Waals surface area contributed by atoms with Gasteiger partial charge in [0.25, 0.3) is 5.91 Å². The summed E-state index contributed by atoms with van der Waals surface area (Å²) < 4.78 is 5.14. The van der Waals surface area contributed by atoms with Crippen LogP contribution in [0, 0.1) is 0 Å². The molecule has 126 valence electrons. The van der Waals surface area contributed by atoms with Gasteiger partial charge in [0.2, 0.25) is 5.91 Å². The number of hydrogen-bond donors (Lipinski definition) is 1. The maximum atomic E-state index is 12.2. The van der Waals surface area contributed by atoms with Gasteiger partial charge in [0.1, 0.15) is 0 Å². The van der Waals surface area contributed by atoms with E-state index in [-0.39, 0.29) is 17.9 Å². The largest absolute Gasteiger partial charge is 0.459 e. The Hall–Kier alpha value is -2.27. The number of halogens is 1. The van der Waals surface area contributed by atoms with Crippen LogP contribution in [-0.2, 0) is 11.2 Å². The first-order chi connectivity index (χ1) is 11.6. The van der Waals surface area contributed by atoms with Crippen molar-refractivity contribution in [3.63, 3.8) is 0 Å². The number of carbonyl (C=O) groups excluding carboxylic acids is 2. The predicted octanol–water partition coefficient (Wildman–Crippen LogP) is 2.90. The van der Waals surface area contributed by atoms with Gasteiger partial charge in [-0.3, -0.25) is 9.59 Å². The van der Waals surface area contributed by atoms with Gasteiger partial charge in [-0.2, -0.15) is 0 Å². The van der Waals surface area contributed by atoms with E-state index in [0.717, 1.165) is 18.4 Å². The number of hydrogen-bond acceptors (Lipinski definition) is 3. The van der Waals surface area contributed by atoms with Crippen LogP contribution in [0.25, 0.3) is 0 Å². The molecule has 1 aliphatic rings. The molecule has 1 aromatic carbocycles. The van der Waals surface area contributed by atoms with Crippen LogP contribution in [0.1, 0.15) is 29.0 Å². The molecule has 3 rings (SSSR count). The summed E-state index contributed by atoms with van der Waals surface area (Å²) in [4.78, 5) is 26.1. The molecule has 1 aromatic heterocycles. The fraction of sp³-hybridized carbons (Fsp3) is 0.333. The highest BCUT2D eigenvalue weighted by molar-refractivity contribution is 6.30. The highest BCUT2D eigenvalue weighted by atomic mass is 35.5. The van der Waals surface area contributed by atoms with Gasteiger partial charge in [0, 0.05) is 24.2 Å². The van der Waals surface area contributed by atoms with Gasteiger partial charge in [0.15, 0.2) is 5.76 Å². The van der Waals surface area contributed by atoms with Crippen molar-refractivity contribution in [2.45, 2.75) is 25.3 Å². The van der Waals surface area contributed by atoms with Crippen molar-refractivity contribution in [1.82, 2.24) is 10.2 Å². The summed E-state index contributed by atoms with van der Waals surface area (Å²) in [5.41, 5.74) is 0.894. The second kappa shape index (κ2) is 7.53. The summed E-state index contributed by atoms with van der Waals surface area (Å²) in [6.45, 7) is 1.23. The molecule has 1 saturated heterocycles. The number of carbonyl (C=O) groups is 2. The standard InChI is InChI=1S/C18H19ClN2O3/c19-14-4-1-3-13(11-14)12-17(22)20-15-6-8-21(9-7-15)18(23)16-5-2-10-24-16/h1-5,10-11,15H,6-9,12H2,(H,20,22). The first-order valence-corrected chi connectivity index (χ1v) is 8.36. The Morgan fingerprint density at radius 1 is 1.21 bits per heavy atom. The van der Waals surface area contributed by atoms with Crippen molar-refractivity contribution in [2.75, 3.05) is 13.1 Å². The van der Waals surface area contributed by atoms with Crippen LogP contribution in [0.5, 0.6) is 0 Å². The van der Waals surface area contributed by atoms with Gasteiger partial charge in [-0.25, -0.2) is 0 Å². The number of furan rings is 1. The van der Waals surface area contributed by atoms with Gasteiger partial charge in [-0.15, -0.1) is 0 Å². The predicted molar refractivity (Wildman–Crippen MR) is 90.9 cm³/mol. The van der Waals surface area contributed by atoms with Crippen molar-refractivity contribution in [3.05, 3.63) is 59.0 Å². The Morgan fingerprint density at radius 3 is 2.67 bits per heavy atom. The number of piperidine rings is 1. The Bertz CT molecular complexity index is 707. The van der Waals surface area contributed by atoms with E-state index in [1.165, 1.54) is 6.26 Å². The first-order valence-electron chi connectivity index (χ1n) is 7.98. The monoisotopic (exact) mass is 346 g/mol. The Morgan fingerprint density at radius 2 is 2.00 bits per heavy atom. The van der Waals surface area contributed by atoms with Crippen LogP contribution >= 0.6 is 11.6 Å². The summed E-state index contributed by atoms with van der Waals surface area (Å²) in [5, 5.41) is 3.67. The normalized spacial score (nSPS) is 15.3. The van der Waals surface area contributed by atoms with Crippen molar-refractivity contribution in [1.29, 1.82) is 0 Å². The van der Waals surface area contributed by atoms with Gasteiger partial charge in [-0.05, 0) is 42.7 Å². The number of benzene rings is 1. The quantitative estimate of drug-likeness (QED) is 0.925. The lowest BCUT2D eigenvalue weighted by molar-refractivity contribution is -0.121. The molecule has 2 aromatic rings. The average Bonchev–Trinajstić information content (AvgIpc) is 3.09. The van der Waals surface area contributed by atoms with Crippen LogP contribution < -0.4 is 5.32 Å². The molecule has 5 nitrogen and oxygen atoms in total. The van der Waals surface area contributed by atoms with E-state index >= 15 is 0 Å². The third-order valence-corrected chi connectivity index (χ3v) is 4.37. The topological polar surface area (TPSA) is 62.6 Å². The lowest BCUT2D eigenvalue weighted by Gasteiger charge is -2.31. The molecule has 24 heavy (non-hydrogen) atoms. The zero-order chi connectivity index (χ0) is 16.9. The number of nitrogens with zero attached hydrogens (tertiary/aromatic N) is 1. The Balaban J connectivity index is 1.47. The van der Waals surface area contributed by atoms with Crippen LogP contribution in [0.3, 0.4) is 0 Å². The number of amides is 2. The molecule has 0 spiro atoms. The number of nitrogens with one attached hydrogen (secondary N) is 1. The van der Waals surface area contributed by atoms with Crippen molar-refractivity contribution in [2.24, 2.45) is 0 Å². The Labute approximate surface area is 145 Å². The SMILES string of the molecule is O=C(Cc1cccc(Cl)c1)NC1CCN(C(=O)c2ccco2)CC1. The molecule has 0 radical (unpaired) electrons. The molecule has 0 atom stereocenters. The lowest BCUT2D eigenvalue weighted by atomic mass is 10.0. The van der Waals surface area contributed by atoms with E-state index in [9.17, 15) is 9.59 Å². The fourth-order valence-electron chi connectivity index (χ4n) is 2.89. The molecule has 2 heterocycles. The number of likely N-dealkylation sites (tertiary alicyclic amines) is 1. The van der Waals surface area contributed by atoms with E-state index < -0.39 is 0 Å². The highest BCUT2D eigenvalue weighted by Crippen LogP contribution is 2.15. The molecule has 0 saturated carbocycles. The van der Waals surface area contributed by atoms with Crippen LogP contribution in [0.2, 0.25) is 5.02 Å². The van der Waals surface area contributed by atoms with Crippen molar-refractivity contribution >= 4 is 23.4 Å². The van der Waals surface area contributed by atoms with E-state index in [1.54, 1.807) is 29.2 Å². The molecule has 0 aliphatic carbocycles. The smallest absolute Gasteiger partial charge is 0.289 e. The minimum Gasteiger partial charge on any atom is -0.459 e. The van der Waals surface area contributed by atoms with Crippen LogP contribution in [0.4, 0.5) is 0 Å². The van der Waals surface area contributed by atoms with E-state index in [2.05, 4.69) is 5.32 Å². The minimum absolute atomic E-state index is 0.0203. The molecule has 1 aliphatic heterocycles. The molecular weight excluding hydrogens is 328 g/mol. The molecule has 6 heteroatoms. The zero-order valence-electron chi connectivity index (χ0n) is 13.2. The molecule has 1 fully saturated rings. The first kappa shape index (κ1) is 16.6. The van der Waals surface area contributed by atoms with Gasteiger partial charge in [-0.1, -0.05) is 23.7 Å². The average molecular weight is 347 g/mol. The molecule has 1 N–H and O–H groups in total. The van der Waals surface area contributed by atoms with Crippen molar-refractivity contribution < 1.29 is 14.0 Å². The van der Waals surface area contributed by atoms with Crippen molar-refractivity contribution in [3.8, 4) is 0 Å². The maximum Gasteiger partial charge on any atom is 0.289 e. The third kappa shape index (κ3) is 4.17. The molecular formula is C18H19ClN2O3. The van der Waals surface area contributed by atoms with E-state index in [4.69, 9.17) is 16.0 Å². The molecule has 2 amide bonds. The van der Waals surface area contributed by atoms with Crippen LogP contribution in [0.15, 0.2) is 47.1 Å². The summed E-state index contributed by atoms with van der Waals surface area (Å²) in [6, 6.07) is 10.8. The fourth-order valence-corrected chi connectivity index (χ4v) is 3.11. The van der Waals surface area contributed by atoms with E-state index in [0.29, 0.717) is 30.3 Å². The van der Waals surface area contributed by atoms with Gasteiger partial charge < -0.3 is 14.6 Å². The second-order valence-electron chi connectivity index (χ2n) is 5.92. The number of rotatable bonds is 4. The summed E-state index contributed by atoms with van der Waals surface area (Å²) >= 11 is 5.93. The summed E-state index contributed by atoms with van der Waals surface area (Å²) in [5.74, 6) is 0.246. The summed E-state index contributed by atoms with van der Waals surface area (Å²) in [6.07, 6.45) is 3.30. The van der Waals surface area contributed by atoms with Crippen LogP contribution in [-0.4, -0.2) is 35.8 Å². The Kier molecular flexibility index (Phi) is 5.20. The van der Waals surface area contributed by atoms with Gasteiger partial charge >= 0.3 is 0 Å². The zero-order valence-corrected chi connectivity index (χ0v) is 14.0. The third-order valence-electron chi connectivity index (χ3n) is 4.13. The molecule has 0 unspecified atom stereocenters. The van der Waals surface area contributed by atoms with Gasteiger partial charge in [0.05, 0.1) is 12.7 Å². The molecule has 0 bridgehead atoms. The maximum absolute atomic E-state index is 12.2. The highest BCUT2D eigenvalue weighted by Gasteiger charge is 2.25. The minimum atomic E-state index is -0.0938. The van der Waals surface area contributed by atoms with E-state index in [1.807, 2.05) is 12.1 Å². The summed E-state index contributed by atoms with van der Waals surface area (Å²) in [7, 11) is 0. The second-order valence-corrected chi connectivity index (χ2v) is 6.35.